The Bertz CT molecular complexity index is 1120. The van der Waals surface area contributed by atoms with E-state index in [-0.39, 0.29) is 10.3 Å². The van der Waals surface area contributed by atoms with Crippen LogP contribution in [0.4, 0.5) is 5.69 Å². The highest BCUT2D eigenvalue weighted by Crippen LogP contribution is 2.36. The molecule has 7 heteroatoms. The molecule has 2 aromatic carbocycles. The van der Waals surface area contributed by atoms with Gasteiger partial charge in [0.05, 0.1) is 17.7 Å². The monoisotopic (exact) mass is 430 g/mol. The number of nitrogens with one attached hydrogen (secondary N) is 1. The summed E-state index contributed by atoms with van der Waals surface area (Å²) in [5.41, 5.74) is 2.39. The lowest BCUT2D eigenvalue weighted by Crippen LogP contribution is -2.15. The first-order valence-electron chi connectivity index (χ1n) is 9.04. The molecular formula is C22H23ClN2O3S. The first-order valence-corrected chi connectivity index (χ1v) is 10.9. The predicted octanol–water partition coefficient (Wildman–Crippen LogP) is 5.51. The number of sulfonamides is 1. The smallest absolute Gasteiger partial charge is 0.261 e. The van der Waals surface area contributed by atoms with Gasteiger partial charge in [0.15, 0.2) is 0 Å². The lowest BCUT2D eigenvalue weighted by atomic mass is 9.87. The molecule has 0 amide bonds. The summed E-state index contributed by atoms with van der Waals surface area (Å²) in [6.07, 6.45) is 1.61. The summed E-state index contributed by atoms with van der Waals surface area (Å²) in [5.74, 6) is 0.518. The molecule has 0 fully saturated rings. The van der Waals surface area contributed by atoms with Gasteiger partial charge in [-0.05, 0) is 53.4 Å². The summed E-state index contributed by atoms with van der Waals surface area (Å²) in [7, 11) is -2.27. The normalized spacial score (nSPS) is 11.9. The lowest BCUT2D eigenvalue weighted by Gasteiger charge is -2.19. The van der Waals surface area contributed by atoms with E-state index in [1.54, 1.807) is 48.7 Å². The molecular weight excluding hydrogens is 408 g/mol. The fourth-order valence-electron chi connectivity index (χ4n) is 2.90. The number of halogens is 1. The van der Waals surface area contributed by atoms with Gasteiger partial charge in [-0.2, -0.15) is 0 Å². The van der Waals surface area contributed by atoms with Gasteiger partial charge >= 0.3 is 0 Å². The molecule has 1 aromatic heterocycles. The second-order valence-corrected chi connectivity index (χ2v) is 9.74. The highest BCUT2D eigenvalue weighted by atomic mass is 35.5. The van der Waals surface area contributed by atoms with Gasteiger partial charge in [0, 0.05) is 16.8 Å². The molecule has 0 radical (unpaired) electrons. The molecule has 0 bridgehead atoms. The van der Waals surface area contributed by atoms with Crippen molar-refractivity contribution in [2.75, 3.05) is 11.8 Å². The largest absolute Gasteiger partial charge is 0.494 e. The Kier molecular flexibility index (Phi) is 5.87. The minimum absolute atomic E-state index is 0.0609. The van der Waals surface area contributed by atoms with Crippen LogP contribution in [0.5, 0.6) is 5.75 Å². The standard InChI is InChI=1S/C22H23ClN2O3S/c1-22(2,3)15-7-10-17(11-8-15)29(26,27)25-19-12-9-16(23)14-18(19)21-20(28-4)6-5-13-24-21/h5-14,25H,1-4H3. The van der Waals surface area contributed by atoms with Crippen LogP contribution in [0, 0.1) is 0 Å². The van der Waals surface area contributed by atoms with Crippen molar-refractivity contribution in [2.24, 2.45) is 0 Å². The van der Waals surface area contributed by atoms with Gasteiger partial charge in [-0.3, -0.25) is 9.71 Å². The van der Waals surface area contributed by atoms with Gasteiger partial charge in [-0.15, -0.1) is 0 Å². The van der Waals surface area contributed by atoms with Crippen LogP contribution in [0.25, 0.3) is 11.3 Å². The average Bonchev–Trinajstić information content (AvgIpc) is 2.68. The summed E-state index contributed by atoms with van der Waals surface area (Å²) in [5, 5.41) is 0.463. The number of pyridine rings is 1. The SMILES string of the molecule is COc1cccnc1-c1cc(Cl)ccc1NS(=O)(=O)c1ccc(C(C)(C)C)cc1. The molecule has 0 unspecified atom stereocenters. The molecule has 0 aliphatic carbocycles. The Morgan fingerprint density at radius 3 is 2.34 bits per heavy atom. The number of rotatable bonds is 5. The van der Waals surface area contributed by atoms with Crippen molar-refractivity contribution in [3.63, 3.8) is 0 Å². The molecule has 0 atom stereocenters. The second kappa shape index (κ2) is 8.05. The zero-order valence-electron chi connectivity index (χ0n) is 16.7. The summed E-state index contributed by atoms with van der Waals surface area (Å²) >= 11 is 6.16. The molecule has 0 saturated heterocycles. The van der Waals surface area contributed by atoms with E-state index in [0.29, 0.717) is 27.7 Å². The van der Waals surface area contributed by atoms with Crippen LogP contribution in [-0.4, -0.2) is 20.5 Å². The Balaban J connectivity index is 2.02. The van der Waals surface area contributed by atoms with Gasteiger partial charge in [0.1, 0.15) is 11.4 Å². The zero-order chi connectivity index (χ0) is 21.2. The van der Waals surface area contributed by atoms with E-state index < -0.39 is 10.0 Å². The van der Waals surface area contributed by atoms with Gasteiger partial charge in [-0.25, -0.2) is 8.42 Å². The number of hydrogen-bond donors (Lipinski definition) is 1. The van der Waals surface area contributed by atoms with E-state index in [1.807, 2.05) is 12.1 Å². The topological polar surface area (TPSA) is 68.3 Å². The van der Waals surface area contributed by atoms with Crippen molar-refractivity contribution in [3.8, 4) is 17.0 Å². The fourth-order valence-corrected chi connectivity index (χ4v) is 4.15. The van der Waals surface area contributed by atoms with Crippen molar-refractivity contribution in [1.29, 1.82) is 0 Å². The third-order valence-corrected chi connectivity index (χ3v) is 6.12. The van der Waals surface area contributed by atoms with Crippen LogP contribution in [0.3, 0.4) is 0 Å². The zero-order valence-corrected chi connectivity index (χ0v) is 18.3. The van der Waals surface area contributed by atoms with Gasteiger partial charge < -0.3 is 4.74 Å². The van der Waals surface area contributed by atoms with Crippen LogP contribution in [-0.2, 0) is 15.4 Å². The summed E-state index contributed by atoms with van der Waals surface area (Å²) in [6, 6.07) is 15.3. The van der Waals surface area contributed by atoms with E-state index in [4.69, 9.17) is 16.3 Å². The maximum Gasteiger partial charge on any atom is 0.261 e. The third-order valence-electron chi connectivity index (χ3n) is 4.50. The lowest BCUT2D eigenvalue weighted by molar-refractivity contribution is 0.415. The Morgan fingerprint density at radius 1 is 1.03 bits per heavy atom. The highest BCUT2D eigenvalue weighted by molar-refractivity contribution is 7.92. The predicted molar refractivity (Wildman–Crippen MR) is 117 cm³/mol. The van der Waals surface area contributed by atoms with Crippen molar-refractivity contribution in [3.05, 3.63) is 71.4 Å². The molecule has 5 nitrogen and oxygen atoms in total. The van der Waals surface area contributed by atoms with Gasteiger partial charge in [0.25, 0.3) is 10.0 Å². The summed E-state index contributed by atoms with van der Waals surface area (Å²) in [4.78, 5) is 4.52. The quantitative estimate of drug-likeness (QED) is 0.579. The van der Waals surface area contributed by atoms with Crippen LogP contribution in [0.2, 0.25) is 5.02 Å². The van der Waals surface area contributed by atoms with E-state index in [1.165, 1.54) is 7.11 Å². The average molecular weight is 431 g/mol. The van der Waals surface area contributed by atoms with Crippen molar-refractivity contribution < 1.29 is 13.2 Å². The molecule has 3 rings (SSSR count). The molecule has 1 heterocycles. The van der Waals surface area contributed by atoms with Crippen molar-refractivity contribution in [1.82, 2.24) is 4.98 Å². The number of aromatic nitrogens is 1. The Labute approximate surface area is 176 Å². The van der Waals surface area contributed by atoms with Crippen LogP contribution in [0.1, 0.15) is 26.3 Å². The molecule has 152 valence electrons. The maximum atomic E-state index is 13.0. The van der Waals surface area contributed by atoms with Crippen molar-refractivity contribution in [2.45, 2.75) is 31.1 Å². The Morgan fingerprint density at radius 2 is 1.72 bits per heavy atom. The molecule has 0 saturated carbocycles. The summed E-state index contributed by atoms with van der Waals surface area (Å²) < 4.78 is 34.0. The van der Waals surface area contributed by atoms with Crippen LogP contribution < -0.4 is 9.46 Å². The molecule has 0 spiro atoms. The Hall–Kier alpha value is -2.57. The number of nitrogens with zero attached hydrogens (tertiary/aromatic N) is 1. The number of hydrogen-bond acceptors (Lipinski definition) is 4. The number of methoxy groups -OCH3 is 1. The second-order valence-electron chi connectivity index (χ2n) is 7.62. The van der Waals surface area contributed by atoms with Gasteiger partial charge in [-0.1, -0.05) is 44.5 Å². The van der Waals surface area contributed by atoms with Gasteiger partial charge in [0.2, 0.25) is 0 Å². The fraction of sp³-hybridized carbons (Fsp3) is 0.227. The molecule has 0 aliphatic rings. The highest BCUT2D eigenvalue weighted by Gasteiger charge is 2.20. The van der Waals surface area contributed by atoms with E-state index in [2.05, 4.69) is 30.5 Å². The number of anilines is 1. The van der Waals surface area contributed by atoms with Crippen molar-refractivity contribution >= 4 is 27.3 Å². The minimum atomic E-state index is -3.80. The van der Waals surface area contributed by atoms with E-state index in [9.17, 15) is 8.42 Å². The molecule has 1 N–H and O–H groups in total. The summed E-state index contributed by atoms with van der Waals surface area (Å²) in [6.45, 7) is 6.24. The third kappa shape index (κ3) is 4.71. The number of ether oxygens (including phenoxy) is 1. The van der Waals surface area contributed by atoms with Crippen LogP contribution >= 0.6 is 11.6 Å². The van der Waals surface area contributed by atoms with E-state index in [0.717, 1.165) is 5.56 Å². The molecule has 0 aliphatic heterocycles. The maximum absolute atomic E-state index is 13.0. The minimum Gasteiger partial charge on any atom is -0.494 e. The number of benzene rings is 2. The molecule has 29 heavy (non-hydrogen) atoms. The van der Waals surface area contributed by atoms with E-state index >= 15 is 0 Å². The first kappa shape index (κ1) is 21.1. The molecule has 3 aromatic rings. The first-order chi connectivity index (χ1) is 13.6. The van der Waals surface area contributed by atoms with Crippen LogP contribution in [0.15, 0.2) is 65.7 Å².